The molecule has 0 aromatic heterocycles. The van der Waals surface area contributed by atoms with Gasteiger partial charge in [-0.3, -0.25) is 0 Å². The van der Waals surface area contributed by atoms with Crippen LogP contribution in [0.25, 0.3) is 11.1 Å². The Kier molecular flexibility index (Phi) is 4.58. The van der Waals surface area contributed by atoms with Gasteiger partial charge in [0, 0.05) is 5.56 Å². The quantitative estimate of drug-likeness (QED) is 0.527. The lowest BCUT2D eigenvalue weighted by Crippen LogP contribution is -2.18. The van der Waals surface area contributed by atoms with Gasteiger partial charge in [0.1, 0.15) is 11.5 Å². The number of benzene rings is 2. The van der Waals surface area contributed by atoms with E-state index in [2.05, 4.69) is 47.6 Å². The van der Waals surface area contributed by atoms with Gasteiger partial charge in [0.2, 0.25) is 0 Å². The van der Waals surface area contributed by atoms with Gasteiger partial charge in [-0.15, -0.1) is 0 Å². The molecule has 4 N–H and O–H groups in total. The second-order valence-corrected chi connectivity index (χ2v) is 8.18. The minimum atomic E-state index is -0.131. The molecule has 0 amide bonds. The van der Waals surface area contributed by atoms with Gasteiger partial charge in [-0.25, -0.2) is 0 Å². The van der Waals surface area contributed by atoms with E-state index in [1.807, 2.05) is 12.1 Å². The van der Waals surface area contributed by atoms with Crippen LogP contribution >= 0.6 is 0 Å². The maximum Gasteiger partial charge on any atom is 0.138 e. The molecular weight excluding hydrogens is 298 g/mol. The summed E-state index contributed by atoms with van der Waals surface area (Å²) < 4.78 is 0. The van der Waals surface area contributed by atoms with Gasteiger partial charge in [0.25, 0.3) is 0 Å². The molecule has 0 saturated carbocycles. The highest BCUT2D eigenvalue weighted by Crippen LogP contribution is 2.43. The molecule has 2 aromatic rings. The number of hydrogen-bond donors (Lipinski definition) is 3. The Morgan fingerprint density at radius 3 is 2.00 bits per heavy atom. The summed E-state index contributed by atoms with van der Waals surface area (Å²) in [6, 6.07) is 9.24. The normalized spacial score (nSPS) is 12.4. The van der Waals surface area contributed by atoms with E-state index in [9.17, 15) is 10.2 Å². The van der Waals surface area contributed by atoms with E-state index < -0.39 is 0 Å². The molecule has 0 aliphatic carbocycles. The Morgan fingerprint density at radius 2 is 1.50 bits per heavy atom. The van der Waals surface area contributed by atoms with Gasteiger partial charge in [-0.2, -0.15) is 0 Å². The van der Waals surface area contributed by atoms with Crippen LogP contribution in [0, 0.1) is 0 Å². The van der Waals surface area contributed by atoms with Crippen molar-refractivity contribution in [2.45, 2.75) is 58.8 Å². The van der Waals surface area contributed by atoms with Crippen LogP contribution in [0.3, 0.4) is 0 Å². The number of aromatic hydroxyl groups is 2. The van der Waals surface area contributed by atoms with Gasteiger partial charge in [0.05, 0.1) is 5.69 Å². The molecule has 0 fully saturated rings. The van der Waals surface area contributed by atoms with Crippen LogP contribution in [-0.4, -0.2) is 10.2 Å². The molecule has 0 atom stereocenters. The SMILES string of the molecule is CCC(C)(C)c1cc(-c2ccc(O)c(N)c2)c(C(C)(C)C)cc1O. The van der Waals surface area contributed by atoms with Crippen molar-refractivity contribution in [3.05, 3.63) is 41.5 Å². The van der Waals surface area contributed by atoms with E-state index in [0.29, 0.717) is 11.4 Å². The number of nitrogens with two attached hydrogens (primary N) is 1. The van der Waals surface area contributed by atoms with Gasteiger partial charge < -0.3 is 15.9 Å². The summed E-state index contributed by atoms with van der Waals surface area (Å²) in [5.74, 6) is 0.422. The topological polar surface area (TPSA) is 66.5 Å². The summed E-state index contributed by atoms with van der Waals surface area (Å²) in [6.45, 7) is 12.8. The van der Waals surface area contributed by atoms with Crippen molar-refractivity contribution < 1.29 is 10.2 Å². The lowest BCUT2D eigenvalue weighted by atomic mass is 9.75. The van der Waals surface area contributed by atoms with Crippen LogP contribution in [0.4, 0.5) is 5.69 Å². The predicted octanol–water partition coefficient (Wildman–Crippen LogP) is 5.33. The molecule has 0 bridgehead atoms. The molecule has 130 valence electrons. The maximum atomic E-state index is 10.6. The Bertz CT molecular complexity index is 755. The lowest BCUT2D eigenvalue weighted by Gasteiger charge is -2.29. The van der Waals surface area contributed by atoms with Crippen molar-refractivity contribution in [2.24, 2.45) is 0 Å². The van der Waals surface area contributed by atoms with Gasteiger partial charge >= 0.3 is 0 Å². The van der Waals surface area contributed by atoms with Crippen LogP contribution in [0.5, 0.6) is 11.5 Å². The zero-order valence-electron chi connectivity index (χ0n) is 15.6. The monoisotopic (exact) mass is 327 g/mol. The molecule has 0 spiro atoms. The summed E-state index contributed by atoms with van der Waals surface area (Å²) in [5, 5.41) is 20.3. The fraction of sp³-hybridized carbons (Fsp3) is 0.429. The Morgan fingerprint density at radius 1 is 0.875 bits per heavy atom. The molecule has 2 aromatic carbocycles. The van der Waals surface area contributed by atoms with E-state index in [0.717, 1.165) is 28.7 Å². The number of phenols is 2. The second-order valence-electron chi connectivity index (χ2n) is 8.18. The third-order valence-corrected chi connectivity index (χ3v) is 4.90. The Balaban J connectivity index is 2.79. The highest BCUT2D eigenvalue weighted by Gasteiger charge is 2.27. The predicted molar refractivity (Wildman–Crippen MR) is 102 cm³/mol. The average Bonchev–Trinajstić information content (AvgIpc) is 2.48. The Hall–Kier alpha value is -2.16. The van der Waals surface area contributed by atoms with Crippen molar-refractivity contribution in [3.8, 4) is 22.6 Å². The molecule has 0 aliphatic heterocycles. The van der Waals surface area contributed by atoms with Crippen molar-refractivity contribution in [1.82, 2.24) is 0 Å². The maximum absolute atomic E-state index is 10.6. The summed E-state index contributed by atoms with van der Waals surface area (Å²) >= 11 is 0. The summed E-state index contributed by atoms with van der Waals surface area (Å²) in [4.78, 5) is 0. The van der Waals surface area contributed by atoms with Crippen LogP contribution < -0.4 is 5.73 Å². The largest absolute Gasteiger partial charge is 0.508 e. The molecule has 0 heterocycles. The molecule has 0 radical (unpaired) electrons. The van der Waals surface area contributed by atoms with Gasteiger partial charge in [0.15, 0.2) is 0 Å². The van der Waals surface area contributed by atoms with Crippen LogP contribution in [0.15, 0.2) is 30.3 Å². The summed E-state index contributed by atoms with van der Waals surface area (Å²) in [7, 11) is 0. The smallest absolute Gasteiger partial charge is 0.138 e. The van der Waals surface area contributed by atoms with Crippen LogP contribution in [0.1, 0.15) is 59.1 Å². The molecule has 3 nitrogen and oxygen atoms in total. The molecule has 0 aliphatic rings. The van der Waals surface area contributed by atoms with E-state index in [1.165, 1.54) is 0 Å². The van der Waals surface area contributed by atoms with Gasteiger partial charge in [-0.1, -0.05) is 47.6 Å². The lowest BCUT2D eigenvalue weighted by molar-refractivity contribution is 0.426. The second kappa shape index (κ2) is 6.04. The molecule has 0 unspecified atom stereocenters. The first-order valence-electron chi connectivity index (χ1n) is 8.44. The first-order valence-corrected chi connectivity index (χ1v) is 8.44. The summed E-state index contributed by atoms with van der Waals surface area (Å²) in [6.07, 6.45) is 0.923. The first kappa shape index (κ1) is 18.2. The van der Waals surface area contributed by atoms with E-state index in [4.69, 9.17) is 5.73 Å². The van der Waals surface area contributed by atoms with Crippen molar-refractivity contribution in [2.75, 3.05) is 5.73 Å². The van der Waals surface area contributed by atoms with Gasteiger partial charge in [-0.05, 0) is 58.2 Å². The van der Waals surface area contributed by atoms with E-state index >= 15 is 0 Å². The average molecular weight is 327 g/mol. The standard InChI is InChI=1S/C21H29NO2/c1-7-21(5,6)16-11-14(13-8-9-18(23)17(22)10-13)15(12-19(16)24)20(2,3)4/h8-12,23-24H,7,22H2,1-6H3. The molecule has 0 saturated heterocycles. The number of phenolic OH excluding ortho intramolecular Hbond substituents is 2. The minimum Gasteiger partial charge on any atom is -0.508 e. The van der Waals surface area contributed by atoms with Crippen molar-refractivity contribution in [3.63, 3.8) is 0 Å². The molecular formula is C21H29NO2. The molecule has 24 heavy (non-hydrogen) atoms. The van der Waals surface area contributed by atoms with E-state index in [1.54, 1.807) is 12.1 Å². The van der Waals surface area contributed by atoms with Crippen molar-refractivity contribution in [1.29, 1.82) is 0 Å². The van der Waals surface area contributed by atoms with Crippen LogP contribution in [0.2, 0.25) is 0 Å². The number of hydrogen-bond acceptors (Lipinski definition) is 3. The zero-order valence-corrected chi connectivity index (χ0v) is 15.6. The first-order chi connectivity index (χ1) is 11.0. The number of nitrogen functional groups attached to an aromatic ring is 1. The fourth-order valence-corrected chi connectivity index (χ4v) is 2.90. The highest BCUT2D eigenvalue weighted by molar-refractivity contribution is 5.75. The third kappa shape index (κ3) is 3.35. The zero-order chi connectivity index (χ0) is 18.3. The molecule has 2 rings (SSSR count). The van der Waals surface area contributed by atoms with E-state index in [-0.39, 0.29) is 16.6 Å². The number of anilines is 1. The highest BCUT2D eigenvalue weighted by atomic mass is 16.3. The minimum absolute atomic E-state index is 0.0870. The third-order valence-electron chi connectivity index (χ3n) is 4.90. The van der Waals surface area contributed by atoms with Crippen molar-refractivity contribution >= 4 is 5.69 Å². The molecule has 3 heteroatoms. The summed E-state index contributed by atoms with van der Waals surface area (Å²) in [5.41, 5.74) is 9.98. The number of rotatable bonds is 3. The Labute approximate surface area is 145 Å². The fourth-order valence-electron chi connectivity index (χ4n) is 2.90. The van der Waals surface area contributed by atoms with Crippen LogP contribution in [-0.2, 0) is 10.8 Å².